The predicted molar refractivity (Wildman–Crippen MR) is 95.0 cm³/mol. The summed E-state index contributed by atoms with van der Waals surface area (Å²) in [6.07, 6.45) is -10.1. The van der Waals surface area contributed by atoms with Gasteiger partial charge in [0.25, 0.3) is 0 Å². The van der Waals surface area contributed by atoms with E-state index in [4.69, 9.17) is 32.7 Å². The highest BCUT2D eigenvalue weighted by molar-refractivity contribution is 6.37. The van der Waals surface area contributed by atoms with E-state index in [-0.39, 0.29) is 59.4 Å². The van der Waals surface area contributed by atoms with E-state index in [9.17, 15) is 36.2 Å². The Morgan fingerprint density at radius 3 is 1.83 bits per heavy atom. The first-order chi connectivity index (χ1) is 13.8. The van der Waals surface area contributed by atoms with E-state index in [1.807, 2.05) is 0 Å². The Labute approximate surface area is 175 Å². The highest BCUT2D eigenvalue weighted by Gasteiger charge is 2.37. The van der Waals surface area contributed by atoms with Gasteiger partial charge in [0, 0.05) is 18.6 Å². The van der Waals surface area contributed by atoms with Crippen molar-refractivity contribution in [3.8, 4) is 11.5 Å². The first-order valence-electron chi connectivity index (χ1n) is 8.06. The standard InChI is InChI=1S/C18H12Cl2F6O4/c19-13-7-12(27)8-14(20)15(13)29-2-1-3-30-16(28)9-4-10(17(21,22)23)6-11(5-9)18(24,25)26/h4-8,27H,1-3H2. The molecular weight excluding hydrogens is 465 g/mol. The number of carbonyl (C=O) groups is 1. The highest BCUT2D eigenvalue weighted by atomic mass is 35.5. The molecule has 30 heavy (non-hydrogen) atoms. The van der Waals surface area contributed by atoms with Gasteiger partial charge in [-0.1, -0.05) is 23.2 Å². The third-order valence-corrected chi connectivity index (χ3v) is 4.14. The second kappa shape index (κ2) is 9.22. The van der Waals surface area contributed by atoms with Gasteiger partial charge in [-0.3, -0.25) is 0 Å². The molecule has 2 aromatic rings. The maximum atomic E-state index is 12.8. The molecule has 0 saturated carbocycles. The number of hydrogen-bond acceptors (Lipinski definition) is 4. The van der Waals surface area contributed by atoms with Crippen LogP contribution in [0, 0.1) is 0 Å². The summed E-state index contributed by atoms with van der Waals surface area (Å²) >= 11 is 11.7. The predicted octanol–water partition coefficient (Wildman–Crippen LogP) is 6.36. The number of esters is 1. The summed E-state index contributed by atoms with van der Waals surface area (Å²) in [7, 11) is 0. The van der Waals surface area contributed by atoms with Crippen molar-refractivity contribution in [1.82, 2.24) is 0 Å². The van der Waals surface area contributed by atoms with Crippen LogP contribution >= 0.6 is 23.2 Å². The normalized spacial score (nSPS) is 12.0. The summed E-state index contributed by atoms with van der Waals surface area (Å²) in [6.45, 7) is -0.447. The first kappa shape index (κ1) is 23.9. The highest BCUT2D eigenvalue weighted by Crippen LogP contribution is 2.37. The van der Waals surface area contributed by atoms with Crippen molar-refractivity contribution in [2.45, 2.75) is 18.8 Å². The Bertz CT molecular complexity index is 873. The summed E-state index contributed by atoms with van der Waals surface area (Å²) in [5.41, 5.74) is -4.13. The average molecular weight is 477 g/mol. The maximum Gasteiger partial charge on any atom is 0.416 e. The number of halogens is 8. The van der Waals surface area contributed by atoms with E-state index >= 15 is 0 Å². The molecule has 2 rings (SSSR count). The molecule has 2 aromatic carbocycles. The van der Waals surface area contributed by atoms with Crippen LogP contribution in [0.4, 0.5) is 26.3 Å². The van der Waals surface area contributed by atoms with Crippen LogP contribution in [0.25, 0.3) is 0 Å². The smallest absolute Gasteiger partial charge is 0.416 e. The van der Waals surface area contributed by atoms with E-state index in [0.29, 0.717) is 0 Å². The molecule has 0 saturated heterocycles. The van der Waals surface area contributed by atoms with E-state index < -0.39 is 35.0 Å². The molecule has 4 nitrogen and oxygen atoms in total. The lowest BCUT2D eigenvalue weighted by Gasteiger charge is -2.14. The summed E-state index contributed by atoms with van der Waals surface area (Å²) in [6, 6.07) is 2.83. The Morgan fingerprint density at radius 2 is 1.37 bits per heavy atom. The minimum absolute atomic E-state index is 0.0145. The van der Waals surface area contributed by atoms with Crippen molar-refractivity contribution in [2.24, 2.45) is 0 Å². The van der Waals surface area contributed by atoms with Crippen molar-refractivity contribution < 1.29 is 45.7 Å². The van der Waals surface area contributed by atoms with Gasteiger partial charge in [-0.05, 0) is 18.2 Å². The lowest BCUT2D eigenvalue weighted by Crippen LogP contribution is -2.15. The summed E-state index contributed by atoms with van der Waals surface area (Å²) in [5, 5.41) is 9.34. The molecule has 0 aliphatic rings. The number of benzene rings is 2. The molecular formula is C18H12Cl2F6O4. The van der Waals surface area contributed by atoms with Gasteiger partial charge in [0.05, 0.1) is 39.9 Å². The number of alkyl halides is 6. The van der Waals surface area contributed by atoms with Gasteiger partial charge in [0.2, 0.25) is 0 Å². The molecule has 0 fully saturated rings. The first-order valence-corrected chi connectivity index (χ1v) is 8.82. The zero-order valence-corrected chi connectivity index (χ0v) is 16.2. The minimum atomic E-state index is -5.08. The lowest BCUT2D eigenvalue weighted by molar-refractivity contribution is -0.143. The zero-order valence-electron chi connectivity index (χ0n) is 14.7. The van der Waals surface area contributed by atoms with Gasteiger partial charge in [0.15, 0.2) is 5.75 Å². The molecule has 164 valence electrons. The summed E-state index contributed by atoms with van der Waals surface area (Å²) in [5.74, 6) is -1.49. The molecule has 1 N–H and O–H groups in total. The maximum absolute atomic E-state index is 12.8. The quantitative estimate of drug-likeness (QED) is 0.299. The Hall–Kier alpha value is -2.33. The van der Waals surface area contributed by atoms with Crippen molar-refractivity contribution in [3.63, 3.8) is 0 Å². The van der Waals surface area contributed by atoms with Gasteiger partial charge >= 0.3 is 18.3 Å². The molecule has 0 atom stereocenters. The molecule has 0 amide bonds. The number of aromatic hydroxyl groups is 1. The molecule has 0 aliphatic heterocycles. The largest absolute Gasteiger partial charge is 0.508 e. The molecule has 0 aromatic heterocycles. The lowest BCUT2D eigenvalue weighted by atomic mass is 10.0. The average Bonchev–Trinajstić information content (AvgIpc) is 2.61. The van der Waals surface area contributed by atoms with Crippen LogP contribution in [0.1, 0.15) is 27.9 Å². The second-order valence-corrected chi connectivity index (χ2v) is 6.69. The third kappa shape index (κ3) is 6.33. The minimum Gasteiger partial charge on any atom is -0.508 e. The van der Waals surface area contributed by atoms with Gasteiger partial charge < -0.3 is 14.6 Å². The SMILES string of the molecule is O=C(OCCCOc1c(Cl)cc(O)cc1Cl)c1cc(C(F)(F)F)cc(C(F)(F)F)c1. The molecule has 0 heterocycles. The second-order valence-electron chi connectivity index (χ2n) is 5.87. The molecule has 0 unspecified atom stereocenters. The van der Waals surface area contributed by atoms with E-state index in [1.165, 1.54) is 12.1 Å². The number of rotatable bonds is 6. The molecule has 0 aliphatic carbocycles. The van der Waals surface area contributed by atoms with Crippen LogP contribution in [0.2, 0.25) is 10.0 Å². The number of hydrogen-bond donors (Lipinski definition) is 1. The number of ether oxygens (including phenoxy) is 2. The monoisotopic (exact) mass is 476 g/mol. The van der Waals surface area contributed by atoms with Crippen molar-refractivity contribution in [2.75, 3.05) is 13.2 Å². The zero-order chi connectivity index (χ0) is 22.7. The fourth-order valence-corrected chi connectivity index (χ4v) is 2.82. The Kier molecular flexibility index (Phi) is 7.36. The number of phenolic OH excluding ortho intramolecular Hbond substituents is 1. The van der Waals surface area contributed by atoms with Gasteiger partial charge in [-0.25, -0.2) is 4.79 Å². The number of phenols is 1. The molecule has 0 radical (unpaired) electrons. The summed E-state index contributed by atoms with van der Waals surface area (Å²) in [4.78, 5) is 11.9. The van der Waals surface area contributed by atoms with Crippen molar-refractivity contribution in [1.29, 1.82) is 0 Å². The Morgan fingerprint density at radius 1 is 0.867 bits per heavy atom. The third-order valence-electron chi connectivity index (χ3n) is 3.57. The van der Waals surface area contributed by atoms with Gasteiger partial charge in [0.1, 0.15) is 5.75 Å². The van der Waals surface area contributed by atoms with Crippen molar-refractivity contribution >= 4 is 29.2 Å². The fourth-order valence-electron chi connectivity index (χ4n) is 2.24. The van der Waals surface area contributed by atoms with Crippen LogP contribution in [0.3, 0.4) is 0 Å². The number of carbonyl (C=O) groups excluding carboxylic acids is 1. The van der Waals surface area contributed by atoms with Crippen LogP contribution in [-0.4, -0.2) is 24.3 Å². The molecule has 12 heteroatoms. The molecule has 0 bridgehead atoms. The Balaban J connectivity index is 2.00. The van der Waals surface area contributed by atoms with E-state index in [2.05, 4.69) is 0 Å². The van der Waals surface area contributed by atoms with Crippen LogP contribution in [-0.2, 0) is 17.1 Å². The van der Waals surface area contributed by atoms with Gasteiger partial charge in [-0.15, -0.1) is 0 Å². The van der Waals surface area contributed by atoms with Crippen LogP contribution < -0.4 is 4.74 Å². The van der Waals surface area contributed by atoms with Gasteiger partial charge in [-0.2, -0.15) is 26.3 Å². The van der Waals surface area contributed by atoms with E-state index in [1.54, 1.807) is 0 Å². The fraction of sp³-hybridized carbons (Fsp3) is 0.278. The van der Waals surface area contributed by atoms with Crippen LogP contribution in [0.5, 0.6) is 11.5 Å². The van der Waals surface area contributed by atoms with Crippen molar-refractivity contribution in [3.05, 3.63) is 57.1 Å². The molecule has 0 spiro atoms. The topological polar surface area (TPSA) is 55.8 Å². The van der Waals surface area contributed by atoms with Crippen LogP contribution in [0.15, 0.2) is 30.3 Å². The summed E-state index contributed by atoms with van der Waals surface area (Å²) < 4.78 is 87.0. The van der Waals surface area contributed by atoms with E-state index in [0.717, 1.165) is 0 Å².